The van der Waals surface area contributed by atoms with E-state index in [1.165, 1.54) is 0 Å². The highest BCUT2D eigenvalue weighted by molar-refractivity contribution is 9.10. The molecule has 0 radical (unpaired) electrons. The fraction of sp³-hybridized carbons (Fsp3) is 0.500. The van der Waals surface area contributed by atoms with Crippen LogP contribution in [0, 0.1) is 6.92 Å². The van der Waals surface area contributed by atoms with Gasteiger partial charge in [0.15, 0.2) is 0 Å². The molecule has 0 unspecified atom stereocenters. The number of rotatable bonds is 6. The molecule has 1 aromatic carbocycles. The van der Waals surface area contributed by atoms with Gasteiger partial charge in [-0.15, -0.1) is 0 Å². The van der Waals surface area contributed by atoms with E-state index < -0.39 is 0 Å². The van der Waals surface area contributed by atoms with Crippen molar-refractivity contribution in [3.8, 4) is 5.75 Å². The normalized spacial score (nSPS) is 14.3. The number of carbonyl (C=O) groups is 1. The van der Waals surface area contributed by atoms with Crippen LogP contribution in [0.4, 0.5) is 0 Å². The van der Waals surface area contributed by atoms with E-state index in [0.29, 0.717) is 25.6 Å². The van der Waals surface area contributed by atoms with E-state index in [0.717, 1.165) is 34.2 Å². The summed E-state index contributed by atoms with van der Waals surface area (Å²) in [5.41, 5.74) is 7.69. The van der Waals surface area contributed by atoms with Gasteiger partial charge in [0.25, 0.3) is 0 Å². The average molecular weight is 327 g/mol. The Kier molecular flexibility index (Phi) is 4.82. The van der Waals surface area contributed by atoms with Crippen molar-refractivity contribution in [2.24, 2.45) is 5.73 Å². The Morgan fingerprint density at radius 2 is 2.26 bits per heavy atom. The van der Waals surface area contributed by atoms with Crippen molar-refractivity contribution in [2.45, 2.75) is 38.8 Å². The molecule has 0 heterocycles. The van der Waals surface area contributed by atoms with E-state index in [-0.39, 0.29) is 5.91 Å². The number of ether oxygens (including phenoxy) is 1. The Labute approximate surface area is 121 Å². The lowest BCUT2D eigenvalue weighted by Gasteiger charge is -2.14. The molecule has 0 spiro atoms. The number of hydrogen-bond acceptors (Lipinski definition) is 3. The van der Waals surface area contributed by atoms with Gasteiger partial charge in [-0.25, -0.2) is 0 Å². The van der Waals surface area contributed by atoms with Gasteiger partial charge in [0.1, 0.15) is 5.75 Å². The lowest BCUT2D eigenvalue weighted by molar-refractivity contribution is -0.121. The monoisotopic (exact) mass is 326 g/mol. The summed E-state index contributed by atoms with van der Waals surface area (Å²) < 4.78 is 6.71. The van der Waals surface area contributed by atoms with Crippen molar-refractivity contribution in [1.82, 2.24) is 5.32 Å². The van der Waals surface area contributed by atoms with Crippen LogP contribution in [0.2, 0.25) is 0 Å². The first-order chi connectivity index (χ1) is 9.10. The molecule has 1 aliphatic carbocycles. The zero-order chi connectivity index (χ0) is 13.8. The van der Waals surface area contributed by atoms with Gasteiger partial charge in [0.2, 0.25) is 5.91 Å². The predicted octanol–water partition coefficient (Wildman–Crippen LogP) is 2.26. The largest absolute Gasteiger partial charge is 0.492 e. The highest BCUT2D eigenvalue weighted by Crippen LogP contribution is 2.28. The molecule has 3 N–H and O–H groups in total. The first-order valence-corrected chi connectivity index (χ1v) is 7.30. The van der Waals surface area contributed by atoms with Crippen molar-refractivity contribution in [3.63, 3.8) is 0 Å². The van der Waals surface area contributed by atoms with E-state index in [2.05, 4.69) is 21.2 Å². The number of hydrogen-bond donors (Lipinski definition) is 2. The van der Waals surface area contributed by atoms with Crippen LogP contribution in [-0.4, -0.2) is 18.6 Å². The number of halogens is 1. The van der Waals surface area contributed by atoms with Gasteiger partial charge in [-0.1, -0.05) is 15.9 Å². The Bertz CT molecular complexity index is 473. The molecule has 1 saturated carbocycles. The minimum absolute atomic E-state index is 0.0616. The summed E-state index contributed by atoms with van der Waals surface area (Å²) >= 11 is 3.44. The Morgan fingerprint density at radius 3 is 2.89 bits per heavy atom. The van der Waals surface area contributed by atoms with Crippen molar-refractivity contribution < 1.29 is 9.53 Å². The van der Waals surface area contributed by atoms with E-state index in [9.17, 15) is 4.79 Å². The van der Waals surface area contributed by atoms with Crippen molar-refractivity contribution in [1.29, 1.82) is 0 Å². The molecule has 1 aromatic rings. The molecule has 4 nitrogen and oxygen atoms in total. The molecular weight excluding hydrogens is 308 g/mol. The van der Waals surface area contributed by atoms with Gasteiger partial charge >= 0.3 is 0 Å². The van der Waals surface area contributed by atoms with Crippen LogP contribution in [0.3, 0.4) is 0 Å². The van der Waals surface area contributed by atoms with E-state index >= 15 is 0 Å². The van der Waals surface area contributed by atoms with Gasteiger partial charge in [-0.2, -0.15) is 0 Å². The van der Waals surface area contributed by atoms with Crippen LogP contribution in [0.25, 0.3) is 0 Å². The minimum Gasteiger partial charge on any atom is -0.492 e. The highest BCUT2D eigenvalue weighted by Gasteiger charge is 2.22. The average Bonchev–Trinajstić information content (AvgIpc) is 3.15. The third-order valence-electron chi connectivity index (χ3n) is 3.05. The molecule has 1 fully saturated rings. The van der Waals surface area contributed by atoms with Crippen LogP contribution in [0.1, 0.15) is 30.4 Å². The molecule has 2 rings (SSSR count). The second-order valence-corrected chi connectivity index (χ2v) is 5.77. The van der Waals surface area contributed by atoms with Crippen LogP contribution in [0.15, 0.2) is 16.6 Å². The van der Waals surface area contributed by atoms with Crippen molar-refractivity contribution in [2.75, 3.05) is 6.61 Å². The second-order valence-electron chi connectivity index (χ2n) is 4.86. The van der Waals surface area contributed by atoms with E-state index in [1.807, 2.05) is 19.1 Å². The van der Waals surface area contributed by atoms with E-state index in [4.69, 9.17) is 10.5 Å². The molecule has 1 amide bonds. The standard InChI is InChI=1S/C14H19BrN2O2/c1-9-6-11(15)7-10(8-16)14(9)19-5-4-13(18)17-12-2-3-12/h6-7,12H,2-5,8,16H2,1H3,(H,17,18). The number of benzene rings is 1. The Hall–Kier alpha value is -1.07. The summed E-state index contributed by atoms with van der Waals surface area (Å²) in [5.74, 6) is 0.858. The molecule has 19 heavy (non-hydrogen) atoms. The van der Waals surface area contributed by atoms with Crippen molar-refractivity contribution >= 4 is 21.8 Å². The van der Waals surface area contributed by atoms with Gasteiger partial charge in [0, 0.05) is 22.6 Å². The van der Waals surface area contributed by atoms with Crippen LogP contribution < -0.4 is 15.8 Å². The van der Waals surface area contributed by atoms with Gasteiger partial charge in [-0.05, 0) is 37.5 Å². The number of nitrogens with one attached hydrogen (secondary N) is 1. The summed E-state index contributed by atoms with van der Waals surface area (Å²) in [7, 11) is 0. The van der Waals surface area contributed by atoms with Crippen LogP contribution >= 0.6 is 15.9 Å². The third kappa shape index (κ3) is 4.21. The number of carbonyl (C=O) groups excluding carboxylic acids is 1. The van der Waals surface area contributed by atoms with E-state index in [1.54, 1.807) is 0 Å². The maximum atomic E-state index is 11.6. The highest BCUT2D eigenvalue weighted by atomic mass is 79.9. The Balaban J connectivity index is 1.89. The summed E-state index contributed by atoms with van der Waals surface area (Å²) in [4.78, 5) is 11.6. The molecule has 0 atom stereocenters. The SMILES string of the molecule is Cc1cc(Br)cc(CN)c1OCCC(=O)NC1CC1. The fourth-order valence-electron chi connectivity index (χ4n) is 1.93. The predicted molar refractivity (Wildman–Crippen MR) is 78.0 cm³/mol. The zero-order valence-corrected chi connectivity index (χ0v) is 12.6. The summed E-state index contributed by atoms with van der Waals surface area (Å²) in [5, 5.41) is 2.94. The van der Waals surface area contributed by atoms with Crippen LogP contribution in [-0.2, 0) is 11.3 Å². The van der Waals surface area contributed by atoms with Gasteiger partial charge in [0.05, 0.1) is 13.0 Å². The van der Waals surface area contributed by atoms with Crippen LogP contribution in [0.5, 0.6) is 5.75 Å². The molecule has 0 bridgehead atoms. The molecule has 0 aliphatic heterocycles. The smallest absolute Gasteiger partial charge is 0.223 e. The Morgan fingerprint density at radius 1 is 1.53 bits per heavy atom. The lowest BCUT2D eigenvalue weighted by atomic mass is 10.1. The van der Waals surface area contributed by atoms with Gasteiger partial charge < -0.3 is 15.8 Å². The topological polar surface area (TPSA) is 64.3 Å². The molecular formula is C14H19BrN2O2. The fourth-order valence-corrected chi connectivity index (χ4v) is 2.55. The molecule has 0 saturated heterocycles. The number of aryl methyl sites for hydroxylation is 1. The van der Waals surface area contributed by atoms with Gasteiger partial charge in [-0.3, -0.25) is 4.79 Å². The maximum Gasteiger partial charge on any atom is 0.223 e. The molecule has 104 valence electrons. The maximum absolute atomic E-state index is 11.6. The summed E-state index contributed by atoms with van der Waals surface area (Å²) in [6.07, 6.45) is 2.60. The first kappa shape index (κ1) is 14.3. The summed E-state index contributed by atoms with van der Waals surface area (Å²) in [6.45, 7) is 2.78. The molecule has 5 heteroatoms. The lowest BCUT2D eigenvalue weighted by Crippen LogP contribution is -2.26. The molecule has 0 aromatic heterocycles. The summed E-state index contributed by atoms with van der Waals surface area (Å²) in [6, 6.07) is 4.34. The van der Waals surface area contributed by atoms with Crippen molar-refractivity contribution in [3.05, 3.63) is 27.7 Å². The quantitative estimate of drug-likeness (QED) is 0.842. The second kappa shape index (κ2) is 6.39. The minimum atomic E-state index is 0.0616. The first-order valence-electron chi connectivity index (χ1n) is 6.51. The molecule has 1 aliphatic rings. The number of nitrogens with two attached hydrogens (primary N) is 1. The number of amides is 1. The zero-order valence-electron chi connectivity index (χ0n) is 11.0. The third-order valence-corrected chi connectivity index (χ3v) is 3.51.